The fraction of sp³-hybridized carbons (Fsp3) is 0.250. The SMILES string of the molecule is C#CCCC(O)c1cnn2ccccc12. The largest absolute Gasteiger partial charge is 0.388 e. The van der Waals surface area contributed by atoms with E-state index in [9.17, 15) is 5.11 Å². The number of nitrogens with zero attached hydrogens (tertiary/aromatic N) is 2. The van der Waals surface area contributed by atoms with E-state index in [0.717, 1.165) is 11.1 Å². The summed E-state index contributed by atoms with van der Waals surface area (Å²) in [7, 11) is 0. The van der Waals surface area contributed by atoms with Crippen LogP contribution in [0.15, 0.2) is 30.6 Å². The van der Waals surface area contributed by atoms with E-state index in [0.29, 0.717) is 12.8 Å². The van der Waals surface area contributed by atoms with Crippen LogP contribution in [-0.4, -0.2) is 14.7 Å². The van der Waals surface area contributed by atoms with Crippen LogP contribution in [0.2, 0.25) is 0 Å². The zero-order valence-corrected chi connectivity index (χ0v) is 8.30. The van der Waals surface area contributed by atoms with Crippen LogP contribution in [0, 0.1) is 12.3 Å². The Balaban J connectivity index is 2.32. The smallest absolute Gasteiger partial charge is 0.0835 e. The minimum atomic E-state index is -0.527. The molecular formula is C12H12N2O. The molecule has 0 aliphatic rings. The molecule has 2 aromatic heterocycles. The highest BCUT2D eigenvalue weighted by atomic mass is 16.3. The molecule has 0 radical (unpaired) electrons. The highest BCUT2D eigenvalue weighted by molar-refractivity contribution is 5.54. The van der Waals surface area contributed by atoms with E-state index in [1.165, 1.54) is 0 Å². The van der Waals surface area contributed by atoms with Crippen molar-refractivity contribution in [3.8, 4) is 12.3 Å². The van der Waals surface area contributed by atoms with Gasteiger partial charge in [-0.3, -0.25) is 0 Å². The lowest BCUT2D eigenvalue weighted by Crippen LogP contribution is -1.96. The van der Waals surface area contributed by atoms with Crippen LogP contribution >= 0.6 is 0 Å². The summed E-state index contributed by atoms with van der Waals surface area (Å²) >= 11 is 0. The molecule has 1 atom stereocenters. The van der Waals surface area contributed by atoms with Crippen molar-refractivity contribution in [2.75, 3.05) is 0 Å². The molecule has 0 aliphatic carbocycles. The van der Waals surface area contributed by atoms with Gasteiger partial charge in [-0.05, 0) is 18.6 Å². The summed E-state index contributed by atoms with van der Waals surface area (Å²) in [4.78, 5) is 0. The van der Waals surface area contributed by atoms with E-state index in [-0.39, 0.29) is 0 Å². The monoisotopic (exact) mass is 200 g/mol. The number of aliphatic hydroxyl groups is 1. The predicted molar refractivity (Wildman–Crippen MR) is 58.2 cm³/mol. The summed E-state index contributed by atoms with van der Waals surface area (Å²) in [6.07, 6.45) is 9.33. The molecule has 15 heavy (non-hydrogen) atoms. The van der Waals surface area contributed by atoms with Crippen LogP contribution in [0.4, 0.5) is 0 Å². The first-order chi connectivity index (χ1) is 7.33. The Labute approximate surface area is 88.4 Å². The van der Waals surface area contributed by atoms with Gasteiger partial charge >= 0.3 is 0 Å². The Hall–Kier alpha value is -1.79. The average Bonchev–Trinajstić information content (AvgIpc) is 2.69. The third-order valence-electron chi connectivity index (χ3n) is 2.38. The van der Waals surface area contributed by atoms with Gasteiger partial charge < -0.3 is 5.11 Å². The molecule has 76 valence electrons. The number of aliphatic hydroxyl groups excluding tert-OH is 1. The Morgan fingerprint density at radius 3 is 3.20 bits per heavy atom. The second-order valence-corrected chi connectivity index (χ2v) is 3.39. The van der Waals surface area contributed by atoms with E-state index in [2.05, 4.69) is 11.0 Å². The van der Waals surface area contributed by atoms with Crippen LogP contribution in [0.3, 0.4) is 0 Å². The second-order valence-electron chi connectivity index (χ2n) is 3.39. The number of aromatic nitrogens is 2. The number of pyridine rings is 1. The van der Waals surface area contributed by atoms with E-state index in [4.69, 9.17) is 6.42 Å². The van der Waals surface area contributed by atoms with Gasteiger partial charge in [0.1, 0.15) is 0 Å². The predicted octanol–water partition coefficient (Wildman–Crippen LogP) is 1.78. The van der Waals surface area contributed by atoms with Gasteiger partial charge in [0.2, 0.25) is 0 Å². The Bertz CT molecular complexity index is 496. The average molecular weight is 200 g/mol. The van der Waals surface area contributed by atoms with E-state index in [1.807, 2.05) is 24.4 Å². The lowest BCUT2D eigenvalue weighted by Gasteiger charge is -2.06. The molecule has 3 heteroatoms. The second kappa shape index (κ2) is 4.16. The summed E-state index contributed by atoms with van der Waals surface area (Å²) < 4.78 is 1.74. The first-order valence-electron chi connectivity index (χ1n) is 4.86. The number of fused-ring (bicyclic) bond motifs is 1. The number of rotatable bonds is 3. The molecular weight excluding hydrogens is 188 g/mol. The molecule has 0 saturated carbocycles. The van der Waals surface area contributed by atoms with Crippen molar-refractivity contribution < 1.29 is 5.11 Å². The summed E-state index contributed by atoms with van der Waals surface area (Å²) in [6, 6.07) is 5.76. The van der Waals surface area contributed by atoms with Gasteiger partial charge in [-0.25, -0.2) is 4.52 Å². The summed E-state index contributed by atoms with van der Waals surface area (Å²) in [6.45, 7) is 0. The van der Waals surface area contributed by atoms with Gasteiger partial charge in [0.15, 0.2) is 0 Å². The Morgan fingerprint density at radius 2 is 2.40 bits per heavy atom. The third kappa shape index (κ3) is 1.85. The molecule has 2 heterocycles. The van der Waals surface area contributed by atoms with Crippen LogP contribution in [-0.2, 0) is 0 Å². The molecule has 0 amide bonds. The zero-order chi connectivity index (χ0) is 10.7. The highest BCUT2D eigenvalue weighted by Gasteiger charge is 2.12. The summed E-state index contributed by atoms with van der Waals surface area (Å²) in [5, 5.41) is 14.0. The van der Waals surface area contributed by atoms with Gasteiger partial charge in [0.05, 0.1) is 17.8 Å². The van der Waals surface area contributed by atoms with Crippen molar-refractivity contribution >= 4 is 5.52 Å². The maximum atomic E-state index is 9.89. The number of hydrogen-bond acceptors (Lipinski definition) is 2. The minimum absolute atomic E-state index is 0.527. The molecule has 0 aromatic carbocycles. The summed E-state index contributed by atoms with van der Waals surface area (Å²) in [5.41, 5.74) is 1.77. The molecule has 2 rings (SSSR count). The molecule has 2 aromatic rings. The lowest BCUT2D eigenvalue weighted by atomic mass is 10.1. The van der Waals surface area contributed by atoms with Crippen molar-refractivity contribution in [2.45, 2.75) is 18.9 Å². The standard InChI is InChI=1S/C12H12N2O/c1-2-3-7-12(15)10-9-13-14-8-5-4-6-11(10)14/h1,4-6,8-9,12,15H,3,7H2. The third-order valence-corrected chi connectivity index (χ3v) is 2.38. The lowest BCUT2D eigenvalue weighted by molar-refractivity contribution is 0.171. The van der Waals surface area contributed by atoms with Crippen LogP contribution in [0.25, 0.3) is 5.52 Å². The molecule has 0 spiro atoms. The Morgan fingerprint density at radius 1 is 1.53 bits per heavy atom. The molecule has 0 fully saturated rings. The van der Waals surface area contributed by atoms with Gasteiger partial charge in [0, 0.05) is 18.2 Å². The van der Waals surface area contributed by atoms with Crippen molar-refractivity contribution in [1.82, 2.24) is 9.61 Å². The fourth-order valence-electron chi connectivity index (χ4n) is 1.59. The maximum absolute atomic E-state index is 9.89. The van der Waals surface area contributed by atoms with Crippen LogP contribution in [0.5, 0.6) is 0 Å². The summed E-state index contributed by atoms with van der Waals surface area (Å²) in [5.74, 6) is 2.52. The Kier molecular flexibility index (Phi) is 2.70. The zero-order valence-electron chi connectivity index (χ0n) is 8.30. The first kappa shape index (κ1) is 9.75. The van der Waals surface area contributed by atoms with Crippen molar-refractivity contribution in [2.24, 2.45) is 0 Å². The van der Waals surface area contributed by atoms with E-state index >= 15 is 0 Å². The maximum Gasteiger partial charge on any atom is 0.0835 e. The molecule has 1 unspecified atom stereocenters. The topological polar surface area (TPSA) is 37.5 Å². The molecule has 0 bridgehead atoms. The molecule has 0 aliphatic heterocycles. The van der Waals surface area contributed by atoms with Gasteiger partial charge in [-0.1, -0.05) is 6.07 Å². The number of hydrogen-bond donors (Lipinski definition) is 1. The molecule has 1 N–H and O–H groups in total. The van der Waals surface area contributed by atoms with E-state index in [1.54, 1.807) is 10.7 Å². The minimum Gasteiger partial charge on any atom is -0.388 e. The van der Waals surface area contributed by atoms with Gasteiger partial charge in [0.25, 0.3) is 0 Å². The van der Waals surface area contributed by atoms with Gasteiger partial charge in [-0.15, -0.1) is 12.3 Å². The molecule has 0 saturated heterocycles. The van der Waals surface area contributed by atoms with Crippen molar-refractivity contribution in [3.05, 3.63) is 36.2 Å². The van der Waals surface area contributed by atoms with Crippen molar-refractivity contribution in [3.63, 3.8) is 0 Å². The molecule has 3 nitrogen and oxygen atoms in total. The van der Waals surface area contributed by atoms with Crippen molar-refractivity contribution in [1.29, 1.82) is 0 Å². The van der Waals surface area contributed by atoms with Gasteiger partial charge in [-0.2, -0.15) is 5.10 Å². The highest BCUT2D eigenvalue weighted by Crippen LogP contribution is 2.22. The quantitative estimate of drug-likeness (QED) is 0.767. The first-order valence-corrected chi connectivity index (χ1v) is 4.86. The van der Waals surface area contributed by atoms with Crippen LogP contribution in [0.1, 0.15) is 24.5 Å². The van der Waals surface area contributed by atoms with E-state index < -0.39 is 6.10 Å². The normalized spacial score (nSPS) is 12.5. The number of terminal acetylenes is 1. The fourth-order valence-corrected chi connectivity index (χ4v) is 1.59. The van der Waals surface area contributed by atoms with Crippen LogP contribution < -0.4 is 0 Å².